The Hall–Kier alpha value is -0.590. The van der Waals surface area contributed by atoms with Crippen LogP contribution in [0.2, 0.25) is 0 Å². The molecule has 0 saturated carbocycles. The van der Waals surface area contributed by atoms with Crippen LogP contribution in [0.5, 0.6) is 0 Å². The van der Waals surface area contributed by atoms with Gasteiger partial charge in [0.15, 0.2) is 0 Å². The van der Waals surface area contributed by atoms with Gasteiger partial charge in [0.1, 0.15) is 0 Å². The van der Waals surface area contributed by atoms with Gasteiger partial charge in [-0.25, -0.2) is 0 Å². The number of sulfonamides is 1. The fourth-order valence-electron chi connectivity index (χ4n) is 0.182. The van der Waals surface area contributed by atoms with Crippen LogP contribution in [-0.2, 0) is 10.0 Å². The minimum absolute atomic E-state index is 0.227. The summed E-state index contributed by atoms with van der Waals surface area (Å²) in [5.41, 5.74) is -5.34. The van der Waals surface area contributed by atoms with Crippen molar-refractivity contribution in [3.8, 4) is 0 Å². The van der Waals surface area contributed by atoms with Gasteiger partial charge in [-0.3, -0.25) is 0 Å². The molecule has 2 radical (unpaired) electrons. The lowest BCUT2D eigenvalue weighted by Gasteiger charge is -2.00. The number of nitrogens with zero attached hydrogens (tertiary/aromatic N) is 1. The predicted molar refractivity (Wildman–Crippen MR) is 32.4 cm³/mol. The minimum atomic E-state index is -5.39. The van der Waals surface area contributed by atoms with Crippen LogP contribution in [0.1, 0.15) is 6.42 Å². The molecule has 0 aliphatic carbocycles. The van der Waals surface area contributed by atoms with Gasteiger partial charge in [0.25, 0.3) is 0 Å². The van der Waals surface area contributed by atoms with E-state index in [1.165, 1.54) is 0 Å². The van der Waals surface area contributed by atoms with E-state index in [1.54, 1.807) is 6.21 Å². The maximum atomic E-state index is 11.4. The average Bonchev–Trinajstić information content (AvgIpc) is 1.81. The van der Waals surface area contributed by atoms with Crippen LogP contribution >= 0.6 is 0 Å². The van der Waals surface area contributed by atoms with E-state index >= 15 is 0 Å². The van der Waals surface area contributed by atoms with Gasteiger partial charge in [-0.15, -0.1) is 0 Å². The molecular formula is C4H4F3NO2S. The molecular weight excluding hydrogens is 183 g/mol. The van der Waals surface area contributed by atoms with Gasteiger partial charge in [-0.1, -0.05) is 0 Å². The summed E-state index contributed by atoms with van der Waals surface area (Å²) < 4.78 is 56.5. The largest absolute Gasteiger partial charge is 0.518 e. The van der Waals surface area contributed by atoms with E-state index in [1.807, 2.05) is 0 Å². The summed E-state index contributed by atoms with van der Waals surface area (Å²) >= 11 is 0. The quantitative estimate of drug-likeness (QED) is 0.605. The van der Waals surface area contributed by atoms with E-state index in [0.29, 0.717) is 0 Å². The topological polar surface area (TPSA) is 46.5 Å². The van der Waals surface area contributed by atoms with Crippen molar-refractivity contribution in [2.75, 3.05) is 0 Å². The van der Waals surface area contributed by atoms with Crippen molar-refractivity contribution in [3.63, 3.8) is 0 Å². The minimum Gasteiger partial charge on any atom is -0.195 e. The molecule has 0 aliphatic rings. The lowest BCUT2D eigenvalue weighted by molar-refractivity contribution is -0.0435. The van der Waals surface area contributed by atoms with Gasteiger partial charge in [0.2, 0.25) is 0 Å². The molecule has 64 valence electrons. The molecule has 0 aliphatic heterocycles. The molecule has 0 aromatic carbocycles. The first-order valence-corrected chi connectivity index (χ1v) is 3.80. The number of hydrogen-bond donors (Lipinski definition) is 0. The molecule has 0 bridgehead atoms. The Bertz CT molecular complexity index is 241. The van der Waals surface area contributed by atoms with Gasteiger partial charge in [-0.05, 0) is 13.3 Å². The fourth-order valence-corrected chi connectivity index (χ4v) is 0.547. The number of rotatable bonds is 2. The first kappa shape index (κ1) is 10.4. The van der Waals surface area contributed by atoms with Crippen molar-refractivity contribution >= 4 is 16.2 Å². The predicted octanol–water partition coefficient (Wildman–Crippen LogP) is 1.01. The molecule has 0 rings (SSSR count). The van der Waals surface area contributed by atoms with Crippen LogP contribution in [0.25, 0.3) is 0 Å². The Kier molecular flexibility index (Phi) is 3.03. The summed E-state index contributed by atoms with van der Waals surface area (Å²) in [7, 11) is -5.39. The van der Waals surface area contributed by atoms with Crippen LogP contribution in [0.4, 0.5) is 13.2 Å². The second-order valence-corrected chi connectivity index (χ2v) is 3.02. The van der Waals surface area contributed by atoms with Crippen LogP contribution in [-0.4, -0.2) is 20.1 Å². The van der Waals surface area contributed by atoms with Crippen LogP contribution in [0.15, 0.2) is 4.40 Å². The Labute approximate surface area is 62.0 Å². The van der Waals surface area contributed by atoms with Gasteiger partial charge in [0.05, 0.1) is 6.21 Å². The zero-order valence-electron chi connectivity index (χ0n) is 5.22. The Balaban J connectivity index is 4.64. The SMILES string of the molecule is [CH2]C/[C]=N/S(=O)(=O)C(F)(F)F. The summed E-state index contributed by atoms with van der Waals surface area (Å²) in [5, 5.41) is 0. The maximum Gasteiger partial charge on any atom is 0.518 e. The van der Waals surface area contributed by atoms with E-state index in [4.69, 9.17) is 0 Å². The molecule has 0 aromatic heterocycles. The lowest BCUT2D eigenvalue weighted by Crippen LogP contribution is -2.20. The van der Waals surface area contributed by atoms with Crippen LogP contribution in [0.3, 0.4) is 0 Å². The standard InChI is InChI=1S/C4H4F3NO2S/c1-2-3-8-11(9,10)4(5,6)7/h1-2H2. The summed E-state index contributed by atoms with van der Waals surface area (Å²) in [4.78, 5) is 0. The van der Waals surface area contributed by atoms with Crippen molar-refractivity contribution < 1.29 is 21.6 Å². The third-order valence-corrected chi connectivity index (χ3v) is 1.54. The van der Waals surface area contributed by atoms with Crippen LogP contribution in [0, 0.1) is 6.92 Å². The molecule has 0 heterocycles. The third-order valence-electron chi connectivity index (χ3n) is 0.589. The van der Waals surface area contributed by atoms with Gasteiger partial charge >= 0.3 is 15.5 Å². The average molecular weight is 187 g/mol. The summed E-state index contributed by atoms with van der Waals surface area (Å²) in [5.74, 6) is 0. The van der Waals surface area contributed by atoms with E-state index in [-0.39, 0.29) is 6.42 Å². The third kappa shape index (κ3) is 2.87. The monoisotopic (exact) mass is 187 g/mol. The van der Waals surface area contributed by atoms with Crippen molar-refractivity contribution in [2.24, 2.45) is 4.40 Å². The van der Waals surface area contributed by atoms with Crippen molar-refractivity contribution in [3.05, 3.63) is 6.92 Å². The zero-order valence-corrected chi connectivity index (χ0v) is 6.04. The van der Waals surface area contributed by atoms with E-state index in [9.17, 15) is 21.6 Å². The molecule has 0 fully saturated rings. The number of halogens is 3. The van der Waals surface area contributed by atoms with E-state index in [0.717, 1.165) is 0 Å². The highest BCUT2D eigenvalue weighted by atomic mass is 32.2. The van der Waals surface area contributed by atoms with Crippen molar-refractivity contribution in [2.45, 2.75) is 11.9 Å². The smallest absolute Gasteiger partial charge is 0.195 e. The summed E-state index contributed by atoms with van der Waals surface area (Å²) in [6.45, 7) is 3.03. The summed E-state index contributed by atoms with van der Waals surface area (Å²) in [6.07, 6.45) is 1.37. The molecule has 3 nitrogen and oxygen atoms in total. The van der Waals surface area contributed by atoms with Crippen molar-refractivity contribution in [1.82, 2.24) is 0 Å². The maximum absolute atomic E-state index is 11.4. The molecule has 0 saturated heterocycles. The van der Waals surface area contributed by atoms with Gasteiger partial charge in [0, 0.05) is 0 Å². The molecule has 0 atom stereocenters. The van der Waals surface area contributed by atoms with Crippen molar-refractivity contribution in [1.29, 1.82) is 0 Å². The highest BCUT2D eigenvalue weighted by molar-refractivity contribution is 7.91. The number of alkyl halides is 3. The second-order valence-electron chi connectivity index (χ2n) is 1.42. The van der Waals surface area contributed by atoms with Gasteiger partial charge < -0.3 is 0 Å². The lowest BCUT2D eigenvalue weighted by atomic mass is 10.6. The molecule has 11 heavy (non-hydrogen) atoms. The first-order valence-electron chi connectivity index (χ1n) is 2.36. The highest BCUT2D eigenvalue weighted by Gasteiger charge is 2.45. The number of hydrogen-bond acceptors (Lipinski definition) is 2. The summed E-state index contributed by atoms with van der Waals surface area (Å²) in [6, 6.07) is 0. The molecule has 0 amide bonds. The Morgan fingerprint density at radius 1 is 1.45 bits per heavy atom. The van der Waals surface area contributed by atoms with E-state index in [2.05, 4.69) is 11.3 Å². The Morgan fingerprint density at radius 2 is 1.91 bits per heavy atom. The molecule has 0 aromatic rings. The molecule has 7 heteroatoms. The zero-order chi connectivity index (χ0) is 9.12. The highest BCUT2D eigenvalue weighted by Crippen LogP contribution is 2.24. The second kappa shape index (κ2) is 3.21. The van der Waals surface area contributed by atoms with E-state index < -0.39 is 15.5 Å². The molecule has 0 unspecified atom stereocenters. The van der Waals surface area contributed by atoms with Gasteiger partial charge in [-0.2, -0.15) is 26.0 Å². The molecule has 0 spiro atoms. The Morgan fingerprint density at radius 3 is 2.18 bits per heavy atom. The molecule has 0 N–H and O–H groups in total. The van der Waals surface area contributed by atoms with Crippen LogP contribution < -0.4 is 0 Å². The first-order chi connectivity index (χ1) is 4.81. The fraction of sp³-hybridized carbons (Fsp3) is 0.500. The normalized spacial score (nSPS) is 14.2.